The van der Waals surface area contributed by atoms with Crippen molar-refractivity contribution in [2.24, 2.45) is 0 Å². The van der Waals surface area contributed by atoms with Gasteiger partial charge >= 0.3 is 0 Å². The lowest BCUT2D eigenvalue weighted by atomic mass is 10.0. The van der Waals surface area contributed by atoms with Gasteiger partial charge in [-0.25, -0.2) is 4.98 Å². The average molecular weight is 510 g/mol. The Morgan fingerprint density at radius 3 is 2.50 bits per heavy atom. The van der Waals surface area contributed by atoms with E-state index in [9.17, 15) is 4.79 Å². The highest BCUT2D eigenvalue weighted by Gasteiger charge is 2.18. The van der Waals surface area contributed by atoms with Crippen molar-refractivity contribution < 1.29 is 4.79 Å². The predicted octanol–water partition coefficient (Wildman–Crippen LogP) is 5.64. The van der Waals surface area contributed by atoms with Crippen LogP contribution >= 0.6 is 0 Å². The zero-order valence-corrected chi connectivity index (χ0v) is 21.8. The number of benzene rings is 1. The standard InChI is InChI=1S/C30H35N7O/c38-30(33-25-10-11-32-28(18-25)37-14-6-3-7-15-37)29-26-17-23(8-9-27(26)34-35-29)24-16-22(19-31-20-24)21-36-12-4-1-2-5-13-36/h8-11,16-20H,1-7,12-15,21H2,(H,34,35)(H,32,33,38). The van der Waals surface area contributed by atoms with Gasteiger partial charge in [-0.05, 0) is 80.6 Å². The lowest BCUT2D eigenvalue weighted by Gasteiger charge is -2.27. The summed E-state index contributed by atoms with van der Waals surface area (Å²) in [7, 11) is 0. The number of piperidine rings is 1. The van der Waals surface area contributed by atoms with E-state index in [0.717, 1.165) is 66.3 Å². The van der Waals surface area contributed by atoms with E-state index in [0.29, 0.717) is 5.69 Å². The molecule has 1 amide bonds. The molecule has 2 aliphatic rings. The molecule has 4 aromatic rings. The van der Waals surface area contributed by atoms with Gasteiger partial charge in [0.1, 0.15) is 5.82 Å². The first kappa shape index (κ1) is 24.6. The Hall–Kier alpha value is -3.78. The Kier molecular flexibility index (Phi) is 7.31. The summed E-state index contributed by atoms with van der Waals surface area (Å²) >= 11 is 0. The molecule has 2 fully saturated rings. The van der Waals surface area contributed by atoms with Gasteiger partial charge in [0, 0.05) is 60.9 Å². The molecule has 0 atom stereocenters. The maximum absolute atomic E-state index is 13.3. The molecule has 0 spiro atoms. The van der Waals surface area contributed by atoms with Crippen LogP contribution in [0.3, 0.4) is 0 Å². The van der Waals surface area contributed by atoms with E-state index in [-0.39, 0.29) is 5.91 Å². The van der Waals surface area contributed by atoms with E-state index >= 15 is 0 Å². The van der Waals surface area contributed by atoms with E-state index < -0.39 is 0 Å². The summed E-state index contributed by atoms with van der Waals surface area (Å²) < 4.78 is 0. The van der Waals surface area contributed by atoms with Crippen molar-refractivity contribution in [3.05, 3.63) is 66.2 Å². The molecule has 6 rings (SSSR count). The zero-order chi connectivity index (χ0) is 25.7. The van der Waals surface area contributed by atoms with Crippen LogP contribution in [-0.2, 0) is 6.54 Å². The Balaban J connectivity index is 1.21. The molecule has 0 aliphatic carbocycles. The van der Waals surface area contributed by atoms with Crippen molar-refractivity contribution >= 4 is 28.3 Å². The number of carbonyl (C=O) groups excluding carboxylic acids is 1. The number of H-pyrrole nitrogens is 1. The van der Waals surface area contributed by atoms with Gasteiger partial charge in [0.25, 0.3) is 5.91 Å². The Morgan fingerprint density at radius 1 is 0.868 bits per heavy atom. The zero-order valence-electron chi connectivity index (χ0n) is 21.8. The van der Waals surface area contributed by atoms with Gasteiger partial charge in [0.2, 0.25) is 0 Å². The van der Waals surface area contributed by atoms with Crippen molar-refractivity contribution in [3.8, 4) is 11.1 Å². The molecule has 0 bridgehead atoms. The Labute approximate surface area is 223 Å². The number of amides is 1. The van der Waals surface area contributed by atoms with Gasteiger partial charge in [-0.15, -0.1) is 0 Å². The highest BCUT2D eigenvalue weighted by atomic mass is 16.1. The number of hydrogen-bond acceptors (Lipinski definition) is 6. The first-order valence-electron chi connectivity index (χ1n) is 13.9. The largest absolute Gasteiger partial charge is 0.357 e. The first-order valence-corrected chi connectivity index (χ1v) is 13.9. The second-order valence-electron chi connectivity index (χ2n) is 10.5. The minimum atomic E-state index is -0.239. The fourth-order valence-corrected chi connectivity index (χ4v) is 5.63. The van der Waals surface area contributed by atoms with Crippen LogP contribution in [0.25, 0.3) is 22.0 Å². The Morgan fingerprint density at radius 2 is 1.66 bits per heavy atom. The lowest BCUT2D eigenvalue weighted by Crippen LogP contribution is -2.30. The number of likely N-dealkylation sites (tertiary alicyclic amines) is 1. The first-order chi connectivity index (χ1) is 18.7. The summed E-state index contributed by atoms with van der Waals surface area (Å²) in [5.41, 5.74) is 5.23. The van der Waals surface area contributed by atoms with Gasteiger partial charge in [-0.1, -0.05) is 18.9 Å². The molecule has 0 unspecified atom stereocenters. The van der Waals surface area contributed by atoms with Crippen LogP contribution in [0, 0.1) is 0 Å². The van der Waals surface area contributed by atoms with E-state index in [4.69, 9.17) is 0 Å². The highest BCUT2D eigenvalue weighted by Crippen LogP contribution is 2.27. The second kappa shape index (κ2) is 11.3. The summed E-state index contributed by atoms with van der Waals surface area (Å²) in [5, 5.41) is 11.2. The molecule has 3 aromatic heterocycles. The van der Waals surface area contributed by atoms with Gasteiger partial charge in [0.15, 0.2) is 5.69 Å². The number of carbonyl (C=O) groups is 1. The molecule has 0 saturated carbocycles. The number of anilines is 2. The van der Waals surface area contributed by atoms with Crippen molar-refractivity contribution in [2.45, 2.75) is 51.5 Å². The normalized spacial score (nSPS) is 16.9. The van der Waals surface area contributed by atoms with Crippen LogP contribution in [0.4, 0.5) is 11.5 Å². The van der Waals surface area contributed by atoms with Crippen LogP contribution < -0.4 is 10.2 Å². The molecule has 0 radical (unpaired) electrons. The van der Waals surface area contributed by atoms with Crippen molar-refractivity contribution in [1.29, 1.82) is 0 Å². The van der Waals surface area contributed by atoms with Crippen LogP contribution in [0.5, 0.6) is 0 Å². The molecule has 196 valence electrons. The number of nitrogens with one attached hydrogen (secondary N) is 2. The van der Waals surface area contributed by atoms with E-state index in [2.05, 4.69) is 47.4 Å². The highest BCUT2D eigenvalue weighted by molar-refractivity contribution is 6.11. The summed E-state index contributed by atoms with van der Waals surface area (Å²) in [6.45, 7) is 5.24. The number of fused-ring (bicyclic) bond motifs is 1. The maximum atomic E-state index is 13.3. The number of aromatic amines is 1. The third kappa shape index (κ3) is 5.55. The molecule has 5 heterocycles. The SMILES string of the molecule is O=C(Nc1ccnc(N2CCCCC2)c1)c1n[nH]c2ccc(-c3cncc(CN4CCCCCC4)c3)cc12. The minimum absolute atomic E-state index is 0.239. The van der Waals surface area contributed by atoms with Gasteiger partial charge in [-0.2, -0.15) is 5.10 Å². The molecular formula is C30H35N7O. The fourth-order valence-electron chi connectivity index (χ4n) is 5.63. The number of hydrogen-bond donors (Lipinski definition) is 2. The summed E-state index contributed by atoms with van der Waals surface area (Å²) in [6, 6.07) is 12.1. The van der Waals surface area contributed by atoms with Gasteiger partial charge < -0.3 is 10.2 Å². The molecule has 1 aromatic carbocycles. The summed E-state index contributed by atoms with van der Waals surface area (Å²) in [6.07, 6.45) is 14.4. The number of rotatable bonds is 6. The molecule has 2 N–H and O–H groups in total. The molecule has 2 aliphatic heterocycles. The van der Waals surface area contributed by atoms with Gasteiger partial charge in [-0.3, -0.25) is 19.8 Å². The van der Waals surface area contributed by atoms with Crippen molar-refractivity contribution in [1.82, 2.24) is 25.1 Å². The van der Waals surface area contributed by atoms with Crippen LogP contribution in [-0.4, -0.2) is 57.2 Å². The maximum Gasteiger partial charge on any atom is 0.276 e. The average Bonchev–Trinajstić information content (AvgIpc) is 3.22. The predicted molar refractivity (Wildman–Crippen MR) is 151 cm³/mol. The molecule has 8 nitrogen and oxygen atoms in total. The number of pyridine rings is 2. The van der Waals surface area contributed by atoms with Crippen LogP contribution in [0.15, 0.2) is 55.0 Å². The van der Waals surface area contributed by atoms with Crippen LogP contribution in [0.2, 0.25) is 0 Å². The monoisotopic (exact) mass is 509 g/mol. The molecule has 2 saturated heterocycles. The van der Waals surface area contributed by atoms with Crippen molar-refractivity contribution in [3.63, 3.8) is 0 Å². The number of aromatic nitrogens is 4. The van der Waals surface area contributed by atoms with Gasteiger partial charge in [0.05, 0.1) is 5.52 Å². The number of nitrogens with zero attached hydrogens (tertiary/aromatic N) is 5. The minimum Gasteiger partial charge on any atom is -0.357 e. The van der Waals surface area contributed by atoms with Crippen LogP contribution in [0.1, 0.15) is 61.0 Å². The van der Waals surface area contributed by atoms with E-state index in [1.54, 1.807) is 6.20 Å². The summed E-state index contributed by atoms with van der Waals surface area (Å²) in [5.74, 6) is 0.668. The smallest absolute Gasteiger partial charge is 0.276 e. The van der Waals surface area contributed by atoms with E-state index in [1.165, 1.54) is 50.5 Å². The Bertz CT molecular complexity index is 1400. The molecule has 8 heteroatoms. The third-order valence-electron chi connectivity index (χ3n) is 7.69. The second-order valence-corrected chi connectivity index (χ2v) is 10.5. The van der Waals surface area contributed by atoms with E-state index in [1.807, 2.05) is 36.7 Å². The fraction of sp³-hybridized carbons (Fsp3) is 0.400. The lowest BCUT2D eigenvalue weighted by molar-refractivity contribution is 0.102. The van der Waals surface area contributed by atoms with Crippen molar-refractivity contribution in [2.75, 3.05) is 36.4 Å². The topological polar surface area (TPSA) is 90.0 Å². The molecule has 38 heavy (non-hydrogen) atoms. The molecular weight excluding hydrogens is 474 g/mol. The summed E-state index contributed by atoms with van der Waals surface area (Å²) in [4.78, 5) is 27.2. The third-order valence-corrected chi connectivity index (χ3v) is 7.69. The quantitative estimate of drug-likeness (QED) is 0.350.